The summed E-state index contributed by atoms with van der Waals surface area (Å²) in [5.41, 5.74) is 2.34. The van der Waals surface area contributed by atoms with Gasteiger partial charge in [0.25, 0.3) is 0 Å². The van der Waals surface area contributed by atoms with Crippen LogP contribution in [-0.4, -0.2) is 10.4 Å². The van der Waals surface area contributed by atoms with Crippen molar-refractivity contribution in [1.29, 1.82) is 0 Å². The van der Waals surface area contributed by atoms with E-state index in [1.165, 1.54) is 5.56 Å². The Bertz CT molecular complexity index is 726. The molecule has 0 saturated heterocycles. The number of Topliss-reactive ketones (excluding diaryl/α,β-unsaturated/α-hetero) is 1. The number of aromatic nitrogens is 1. The van der Waals surface area contributed by atoms with Crippen LogP contribution in [0.1, 0.15) is 36.3 Å². The maximum atomic E-state index is 11.7. The lowest BCUT2D eigenvalue weighted by atomic mass is 9.96. The quantitative estimate of drug-likeness (QED) is 0.681. The fourth-order valence-corrected chi connectivity index (χ4v) is 2.80. The van der Waals surface area contributed by atoms with Crippen molar-refractivity contribution < 1.29 is 9.21 Å². The maximum absolute atomic E-state index is 11.7. The predicted molar refractivity (Wildman–Crippen MR) is 85.8 cm³/mol. The number of rotatable bonds is 6. The van der Waals surface area contributed by atoms with Gasteiger partial charge >= 0.3 is 0 Å². The van der Waals surface area contributed by atoms with Gasteiger partial charge in [0.05, 0.1) is 12.2 Å². The highest BCUT2D eigenvalue weighted by Gasteiger charge is 2.21. The molecule has 1 aromatic carbocycles. The molecule has 1 atom stereocenters. The molecule has 0 aliphatic carbocycles. The van der Waals surface area contributed by atoms with Crippen molar-refractivity contribution in [3.8, 4) is 0 Å². The van der Waals surface area contributed by atoms with E-state index in [1.807, 2.05) is 36.4 Å². The molecular formula is C19H19NO2. The zero-order valence-electron chi connectivity index (χ0n) is 12.6. The normalized spacial score (nSPS) is 12.2. The van der Waals surface area contributed by atoms with E-state index in [9.17, 15) is 4.79 Å². The van der Waals surface area contributed by atoms with Crippen LogP contribution in [0.25, 0.3) is 0 Å². The molecule has 0 saturated carbocycles. The fraction of sp³-hybridized carbons (Fsp3) is 0.211. The van der Waals surface area contributed by atoms with Gasteiger partial charge in [-0.3, -0.25) is 4.79 Å². The Morgan fingerprint density at radius 1 is 1.09 bits per heavy atom. The van der Waals surface area contributed by atoms with Crippen LogP contribution in [0.15, 0.2) is 71.5 Å². The first-order valence-electron chi connectivity index (χ1n) is 7.46. The van der Waals surface area contributed by atoms with Gasteiger partial charge in [0.2, 0.25) is 0 Å². The third-order valence-electron chi connectivity index (χ3n) is 3.80. The third-order valence-corrected chi connectivity index (χ3v) is 3.80. The molecule has 0 fully saturated rings. The summed E-state index contributed by atoms with van der Waals surface area (Å²) in [6.45, 7) is 2.42. The Labute approximate surface area is 130 Å². The van der Waals surface area contributed by atoms with Crippen molar-refractivity contribution in [2.24, 2.45) is 0 Å². The van der Waals surface area contributed by atoms with E-state index in [4.69, 9.17) is 4.42 Å². The number of furan rings is 1. The summed E-state index contributed by atoms with van der Waals surface area (Å²) >= 11 is 0. The van der Waals surface area contributed by atoms with Crippen LogP contribution >= 0.6 is 0 Å². The number of nitrogens with zero attached hydrogens (tertiary/aromatic N) is 1. The van der Waals surface area contributed by atoms with Gasteiger partial charge in [0.15, 0.2) is 0 Å². The Balaban J connectivity index is 1.92. The second-order valence-electron chi connectivity index (χ2n) is 5.52. The lowest BCUT2D eigenvalue weighted by Gasteiger charge is -2.17. The van der Waals surface area contributed by atoms with Gasteiger partial charge in [-0.25, -0.2) is 0 Å². The molecule has 112 valence electrons. The fourth-order valence-electron chi connectivity index (χ4n) is 2.80. The third kappa shape index (κ3) is 3.19. The molecule has 22 heavy (non-hydrogen) atoms. The van der Waals surface area contributed by atoms with Gasteiger partial charge in [0.1, 0.15) is 11.5 Å². The summed E-state index contributed by atoms with van der Waals surface area (Å²) in [6, 6.07) is 18.2. The van der Waals surface area contributed by atoms with Crippen LogP contribution in [0.3, 0.4) is 0 Å². The molecule has 0 N–H and O–H groups in total. The largest absolute Gasteiger partial charge is 0.469 e. The molecular weight excluding hydrogens is 274 g/mol. The Morgan fingerprint density at radius 3 is 2.59 bits per heavy atom. The molecule has 0 aliphatic heterocycles. The van der Waals surface area contributed by atoms with Crippen molar-refractivity contribution in [3.63, 3.8) is 0 Å². The van der Waals surface area contributed by atoms with Crippen LogP contribution < -0.4 is 0 Å². The number of hydrogen-bond acceptors (Lipinski definition) is 2. The second-order valence-corrected chi connectivity index (χ2v) is 5.52. The van der Waals surface area contributed by atoms with E-state index >= 15 is 0 Å². The summed E-state index contributed by atoms with van der Waals surface area (Å²) in [5, 5.41) is 0. The lowest BCUT2D eigenvalue weighted by Crippen LogP contribution is -2.12. The van der Waals surface area contributed by atoms with Gasteiger partial charge in [-0.2, -0.15) is 0 Å². The van der Waals surface area contributed by atoms with E-state index in [1.54, 1.807) is 13.2 Å². The summed E-state index contributed by atoms with van der Waals surface area (Å²) in [5.74, 6) is 0.961. The molecule has 3 heteroatoms. The minimum atomic E-state index is -0.0359. The minimum Gasteiger partial charge on any atom is -0.469 e. The van der Waals surface area contributed by atoms with Gasteiger partial charge in [-0.1, -0.05) is 30.3 Å². The van der Waals surface area contributed by atoms with Crippen molar-refractivity contribution in [2.45, 2.75) is 25.8 Å². The first-order valence-corrected chi connectivity index (χ1v) is 7.46. The predicted octanol–water partition coefficient (Wildman–Crippen LogP) is 4.24. The molecule has 0 aliphatic rings. The van der Waals surface area contributed by atoms with Crippen LogP contribution in [0.5, 0.6) is 0 Å². The van der Waals surface area contributed by atoms with E-state index in [0.29, 0.717) is 6.42 Å². The summed E-state index contributed by atoms with van der Waals surface area (Å²) in [6.07, 6.45) is 4.16. The molecule has 3 nitrogen and oxygen atoms in total. The van der Waals surface area contributed by atoms with Crippen molar-refractivity contribution in [1.82, 2.24) is 4.57 Å². The van der Waals surface area contributed by atoms with Gasteiger partial charge in [-0.05, 0) is 36.8 Å². The molecule has 0 amide bonds. The second kappa shape index (κ2) is 6.48. The molecule has 0 radical (unpaired) electrons. The van der Waals surface area contributed by atoms with E-state index in [2.05, 4.69) is 29.0 Å². The molecule has 3 aromatic rings. The van der Waals surface area contributed by atoms with Crippen molar-refractivity contribution in [2.75, 3.05) is 0 Å². The summed E-state index contributed by atoms with van der Waals surface area (Å²) in [7, 11) is 0. The first kappa shape index (κ1) is 14.4. The van der Waals surface area contributed by atoms with Crippen molar-refractivity contribution >= 4 is 5.78 Å². The van der Waals surface area contributed by atoms with Gasteiger partial charge in [0, 0.05) is 24.9 Å². The molecule has 0 spiro atoms. The molecule has 0 bridgehead atoms. The highest BCUT2D eigenvalue weighted by Crippen LogP contribution is 2.29. The minimum absolute atomic E-state index is 0.0359. The Kier molecular flexibility index (Phi) is 4.24. The Hall–Kier alpha value is -2.55. The average Bonchev–Trinajstić information content (AvgIpc) is 3.17. The van der Waals surface area contributed by atoms with E-state index < -0.39 is 0 Å². The first-order chi connectivity index (χ1) is 10.7. The number of ketones is 1. The zero-order chi connectivity index (χ0) is 15.4. The van der Waals surface area contributed by atoms with E-state index in [-0.39, 0.29) is 11.7 Å². The van der Waals surface area contributed by atoms with Crippen LogP contribution in [0.2, 0.25) is 0 Å². The number of benzene rings is 1. The molecule has 3 rings (SSSR count). The lowest BCUT2D eigenvalue weighted by molar-refractivity contribution is -0.117. The summed E-state index contributed by atoms with van der Waals surface area (Å²) in [4.78, 5) is 11.7. The topological polar surface area (TPSA) is 35.1 Å². The highest BCUT2D eigenvalue weighted by atomic mass is 16.3. The number of carbonyl (C=O) groups is 1. The van der Waals surface area contributed by atoms with E-state index in [0.717, 1.165) is 18.0 Å². The van der Waals surface area contributed by atoms with Crippen molar-refractivity contribution in [3.05, 3.63) is 84.1 Å². The molecule has 2 aromatic heterocycles. The Morgan fingerprint density at radius 2 is 1.91 bits per heavy atom. The number of carbonyl (C=O) groups excluding carboxylic acids is 1. The molecule has 0 unspecified atom stereocenters. The summed E-state index contributed by atoms with van der Waals surface area (Å²) < 4.78 is 7.75. The zero-order valence-corrected chi connectivity index (χ0v) is 12.6. The molecule has 2 heterocycles. The highest BCUT2D eigenvalue weighted by molar-refractivity contribution is 5.76. The van der Waals surface area contributed by atoms with Gasteiger partial charge in [-0.15, -0.1) is 0 Å². The van der Waals surface area contributed by atoms with Crippen LogP contribution in [0, 0.1) is 0 Å². The smallest absolute Gasteiger partial charge is 0.130 e. The maximum Gasteiger partial charge on any atom is 0.130 e. The monoisotopic (exact) mass is 293 g/mol. The average molecular weight is 293 g/mol. The standard InChI is InChI=1S/C19H19NO2/c1-15(21)13-17(19-10-6-12-22-19)18-9-5-11-20(18)14-16-7-3-2-4-8-16/h2-12,17H,13-14H2,1H3/t17-/m1/s1. The van der Waals surface area contributed by atoms with Crippen LogP contribution in [0.4, 0.5) is 0 Å². The number of hydrogen-bond donors (Lipinski definition) is 0. The SMILES string of the molecule is CC(=O)C[C@@H](c1ccco1)c1cccn1Cc1ccccc1. The van der Waals surface area contributed by atoms with Gasteiger partial charge < -0.3 is 8.98 Å². The van der Waals surface area contributed by atoms with Crippen LogP contribution in [-0.2, 0) is 11.3 Å².